The number of hydrogen-bond donors (Lipinski definition) is 1. The molecule has 2 fully saturated rings. The average molecular weight is 334 g/mol. The van der Waals surface area contributed by atoms with Crippen LogP contribution in [-0.4, -0.2) is 82.4 Å². The zero-order valence-corrected chi connectivity index (χ0v) is 14.1. The number of morpholine rings is 1. The summed E-state index contributed by atoms with van der Waals surface area (Å²) in [5.74, 6) is -0.0569. The minimum atomic E-state index is -0.569. The summed E-state index contributed by atoms with van der Waals surface area (Å²) in [4.78, 5) is 20.3. The summed E-state index contributed by atoms with van der Waals surface area (Å²) in [7, 11) is 1.77. The molecule has 132 valence electrons. The first kappa shape index (κ1) is 17.1. The molecule has 7 nitrogen and oxygen atoms in total. The van der Waals surface area contributed by atoms with Crippen LogP contribution in [0, 0.1) is 0 Å². The van der Waals surface area contributed by atoms with Crippen LogP contribution in [0.3, 0.4) is 0 Å². The van der Waals surface area contributed by atoms with Crippen LogP contribution in [0.4, 0.5) is 0 Å². The van der Waals surface area contributed by atoms with Crippen molar-refractivity contribution in [2.75, 3.05) is 39.9 Å². The van der Waals surface area contributed by atoms with Crippen molar-refractivity contribution in [1.82, 2.24) is 19.4 Å². The fourth-order valence-electron chi connectivity index (χ4n) is 3.52. The van der Waals surface area contributed by atoms with Gasteiger partial charge in [0.15, 0.2) is 0 Å². The summed E-state index contributed by atoms with van der Waals surface area (Å²) < 4.78 is 7.24. The van der Waals surface area contributed by atoms with E-state index < -0.39 is 6.10 Å². The Morgan fingerprint density at radius 1 is 1.42 bits per heavy atom. The Labute approximate surface area is 142 Å². The number of hydrogen-bond acceptors (Lipinski definition) is 5. The lowest BCUT2D eigenvalue weighted by molar-refractivity contribution is -0.128. The van der Waals surface area contributed by atoms with Gasteiger partial charge in [-0.15, -0.1) is 0 Å². The van der Waals surface area contributed by atoms with E-state index in [2.05, 4.69) is 9.88 Å². The van der Waals surface area contributed by atoms with Gasteiger partial charge in [0.2, 0.25) is 5.91 Å². The molecule has 1 saturated heterocycles. The number of rotatable bonds is 5. The smallest absolute Gasteiger partial charge is 0.246 e. The minimum Gasteiger partial charge on any atom is -0.389 e. The van der Waals surface area contributed by atoms with Gasteiger partial charge in [-0.2, -0.15) is 0 Å². The number of aliphatic hydroxyl groups is 1. The average Bonchev–Trinajstić information content (AvgIpc) is 3.24. The molecule has 3 rings (SSSR count). The molecule has 2 aliphatic rings. The van der Waals surface area contributed by atoms with Gasteiger partial charge in [0, 0.05) is 45.2 Å². The van der Waals surface area contributed by atoms with E-state index in [1.54, 1.807) is 30.5 Å². The molecule has 1 amide bonds. The van der Waals surface area contributed by atoms with Crippen molar-refractivity contribution < 1.29 is 14.6 Å². The third-order valence-electron chi connectivity index (χ3n) is 5.03. The predicted octanol–water partition coefficient (Wildman–Crippen LogP) is 0.294. The lowest BCUT2D eigenvalue weighted by Crippen LogP contribution is -2.43. The molecule has 7 heteroatoms. The monoisotopic (exact) mass is 334 g/mol. The van der Waals surface area contributed by atoms with Gasteiger partial charge in [0.05, 0.1) is 37.7 Å². The SMILES string of the molecule is CN(C(=O)/C=C/CN1CCOCC1)[C@@H]1CC[C@@H](n2ccnc2)[C@@H]1O. The molecule has 1 aliphatic carbocycles. The Balaban J connectivity index is 1.51. The first-order valence-electron chi connectivity index (χ1n) is 8.56. The van der Waals surface area contributed by atoms with E-state index >= 15 is 0 Å². The third-order valence-corrected chi connectivity index (χ3v) is 5.03. The highest BCUT2D eigenvalue weighted by Gasteiger charge is 2.39. The van der Waals surface area contributed by atoms with Gasteiger partial charge in [-0.05, 0) is 12.8 Å². The van der Waals surface area contributed by atoms with Gasteiger partial charge in [-0.1, -0.05) is 6.08 Å². The summed E-state index contributed by atoms with van der Waals surface area (Å²) in [6.45, 7) is 4.08. The second-order valence-corrected chi connectivity index (χ2v) is 6.48. The summed E-state index contributed by atoms with van der Waals surface area (Å²) in [6.07, 6.45) is 9.89. The van der Waals surface area contributed by atoms with E-state index in [1.807, 2.05) is 16.8 Å². The van der Waals surface area contributed by atoms with E-state index in [4.69, 9.17) is 4.74 Å². The molecule has 2 heterocycles. The molecule has 1 aromatic rings. The van der Waals surface area contributed by atoms with Crippen LogP contribution in [0.25, 0.3) is 0 Å². The summed E-state index contributed by atoms with van der Waals surface area (Å²) in [5, 5.41) is 10.6. The van der Waals surface area contributed by atoms with E-state index in [0.717, 1.165) is 45.7 Å². The predicted molar refractivity (Wildman–Crippen MR) is 89.5 cm³/mol. The van der Waals surface area contributed by atoms with Crippen molar-refractivity contribution in [3.8, 4) is 0 Å². The highest BCUT2D eigenvalue weighted by atomic mass is 16.5. The summed E-state index contributed by atoms with van der Waals surface area (Å²) in [6, 6.07) is -0.164. The number of amides is 1. The molecule has 0 unspecified atom stereocenters. The molecule has 1 N–H and O–H groups in total. The molecule has 0 aromatic carbocycles. The van der Waals surface area contributed by atoms with Crippen molar-refractivity contribution in [3.63, 3.8) is 0 Å². The Morgan fingerprint density at radius 2 is 2.21 bits per heavy atom. The Bertz CT molecular complexity index is 554. The third kappa shape index (κ3) is 3.85. The van der Waals surface area contributed by atoms with Crippen LogP contribution >= 0.6 is 0 Å². The van der Waals surface area contributed by atoms with Crippen molar-refractivity contribution >= 4 is 5.91 Å². The van der Waals surface area contributed by atoms with Crippen LogP contribution in [0.1, 0.15) is 18.9 Å². The van der Waals surface area contributed by atoms with Gasteiger partial charge < -0.3 is 19.3 Å². The van der Waals surface area contributed by atoms with Crippen LogP contribution in [0.15, 0.2) is 30.9 Å². The Kier molecular flexibility index (Phi) is 5.65. The molecule has 0 radical (unpaired) electrons. The number of carbonyl (C=O) groups excluding carboxylic acids is 1. The minimum absolute atomic E-state index is 0.00919. The Hall–Kier alpha value is -1.70. The largest absolute Gasteiger partial charge is 0.389 e. The zero-order chi connectivity index (χ0) is 16.9. The fourth-order valence-corrected chi connectivity index (χ4v) is 3.52. The molecule has 1 saturated carbocycles. The van der Waals surface area contributed by atoms with Crippen molar-refractivity contribution in [2.45, 2.75) is 31.0 Å². The maximum Gasteiger partial charge on any atom is 0.246 e. The summed E-state index contributed by atoms with van der Waals surface area (Å²) in [5.41, 5.74) is 0. The molecule has 3 atom stereocenters. The first-order chi connectivity index (χ1) is 11.7. The molecular formula is C17H26N4O3. The van der Waals surface area contributed by atoms with Gasteiger partial charge in [-0.25, -0.2) is 4.98 Å². The number of aliphatic hydroxyl groups excluding tert-OH is 1. The number of nitrogens with zero attached hydrogens (tertiary/aromatic N) is 4. The standard InChI is InChI=1S/C17H26N4O3/c1-19(16(22)3-2-7-20-9-11-24-12-10-20)14-4-5-15(17(14)23)21-8-6-18-13-21/h2-3,6,8,13-15,17,23H,4-5,7,9-12H2,1H3/b3-2+/t14-,15-,17-/m1/s1. The molecule has 1 aromatic heterocycles. The summed E-state index contributed by atoms with van der Waals surface area (Å²) >= 11 is 0. The van der Waals surface area contributed by atoms with Gasteiger partial charge >= 0.3 is 0 Å². The van der Waals surface area contributed by atoms with Crippen molar-refractivity contribution in [3.05, 3.63) is 30.9 Å². The molecule has 24 heavy (non-hydrogen) atoms. The lowest BCUT2D eigenvalue weighted by Gasteiger charge is -2.28. The van der Waals surface area contributed by atoms with E-state index in [-0.39, 0.29) is 18.0 Å². The molecule has 0 bridgehead atoms. The van der Waals surface area contributed by atoms with Gasteiger partial charge in [0.25, 0.3) is 0 Å². The Morgan fingerprint density at radius 3 is 2.92 bits per heavy atom. The van der Waals surface area contributed by atoms with Crippen LogP contribution in [0.5, 0.6) is 0 Å². The second-order valence-electron chi connectivity index (χ2n) is 6.48. The molecular weight excluding hydrogens is 308 g/mol. The number of imidazole rings is 1. The molecule has 1 aliphatic heterocycles. The molecule has 0 spiro atoms. The number of ether oxygens (including phenoxy) is 1. The second kappa shape index (κ2) is 7.92. The van der Waals surface area contributed by atoms with Crippen molar-refractivity contribution in [2.24, 2.45) is 0 Å². The number of likely N-dealkylation sites (N-methyl/N-ethyl adjacent to an activating group) is 1. The highest BCUT2D eigenvalue weighted by Crippen LogP contribution is 2.33. The quantitative estimate of drug-likeness (QED) is 0.784. The van der Waals surface area contributed by atoms with E-state index in [9.17, 15) is 9.90 Å². The van der Waals surface area contributed by atoms with Gasteiger partial charge in [-0.3, -0.25) is 9.69 Å². The fraction of sp³-hybridized carbons (Fsp3) is 0.647. The van der Waals surface area contributed by atoms with Crippen LogP contribution in [0.2, 0.25) is 0 Å². The van der Waals surface area contributed by atoms with Gasteiger partial charge in [0.1, 0.15) is 0 Å². The highest BCUT2D eigenvalue weighted by molar-refractivity contribution is 5.87. The number of carbonyl (C=O) groups is 1. The lowest BCUT2D eigenvalue weighted by atomic mass is 10.1. The van der Waals surface area contributed by atoms with Crippen molar-refractivity contribution in [1.29, 1.82) is 0 Å². The normalized spacial score (nSPS) is 28.5. The zero-order valence-electron chi connectivity index (χ0n) is 14.1. The topological polar surface area (TPSA) is 70.8 Å². The van der Waals surface area contributed by atoms with E-state index in [1.165, 1.54) is 0 Å². The maximum absolute atomic E-state index is 12.4. The maximum atomic E-state index is 12.4. The van der Waals surface area contributed by atoms with Crippen LogP contribution < -0.4 is 0 Å². The van der Waals surface area contributed by atoms with E-state index in [0.29, 0.717) is 0 Å². The first-order valence-corrected chi connectivity index (χ1v) is 8.56. The van der Waals surface area contributed by atoms with Crippen LogP contribution in [-0.2, 0) is 9.53 Å². The number of aromatic nitrogens is 2.